The van der Waals surface area contributed by atoms with Crippen LogP contribution in [0, 0.1) is 5.41 Å². The third-order valence-corrected chi connectivity index (χ3v) is 4.12. The Kier molecular flexibility index (Phi) is 4.78. The van der Waals surface area contributed by atoms with Crippen LogP contribution in [0.5, 0.6) is 11.5 Å². The van der Waals surface area contributed by atoms with Gasteiger partial charge in [-0.05, 0) is 12.5 Å². The molecule has 1 atom stereocenters. The van der Waals surface area contributed by atoms with Crippen LogP contribution in [-0.4, -0.2) is 24.1 Å². The lowest BCUT2D eigenvalue weighted by molar-refractivity contribution is -0.142. The lowest BCUT2D eigenvalue weighted by Crippen LogP contribution is -2.47. The van der Waals surface area contributed by atoms with E-state index in [4.69, 9.17) is 9.47 Å². The van der Waals surface area contributed by atoms with Crippen LogP contribution in [0.1, 0.15) is 58.3 Å². The van der Waals surface area contributed by atoms with E-state index in [0.717, 1.165) is 6.42 Å². The van der Waals surface area contributed by atoms with Gasteiger partial charge in [-0.15, -0.1) is 0 Å². The number of benzene rings is 1. The number of rotatable bonds is 4. The minimum absolute atomic E-state index is 0.215. The van der Waals surface area contributed by atoms with Gasteiger partial charge in [-0.1, -0.05) is 27.7 Å². The van der Waals surface area contributed by atoms with Crippen molar-refractivity contribution in [2.75, 3.05) is 11.9 Å². The fourth-order valence-electron chi connectivity index (χ4n) is 2.29. The second kappa shape index (κ2) is 6.34. The summed E-state index contributed by atoms with van der Waals surface area (Å²) in [6.45, 7) is 11.8. The number of hydrogen-bond acceptors (Lipinski definition) is 4. The third kappa shape index (κ3) is 3.47. The average molecular weight is 334 g/mol. The molecule has 2 amide bonds. The molecule has 2 rings (SSSR count). The smallest absolute Gasteiger partial charge is 0.255 e. The first-order valence-electron chi connectivity index (χ1n) is 8.19. The molecule has 0 radical (unpaired) electrons. The van der Waals surface area contributed by atoms with E-state index in [0.29, 0.717) is 29.3 Å². The zero-order valence-electron chi connectivity index (χ0n) is 15.2. The lowest BCUT2D eigenvalue weighted by Gasteiger charge is -2.35. The Labute approximate surface area is 142 Å². The van der Waals surface area contributed by atoms with Crippen molar-refractivity contribution >= 4 is 17.5 Å². The maximum Gasteiger partial charge on any atom is 0.255 e. The Morgan fingerprint density at radius 1 is 1.21 bits per heavy atom. The zero-order chi connectivity index (χ0) is 18.1. The average Bonchev–Trinajstić information content (AvgIpc) is 2.80. The molecule has 1 aromatic carbocycles. The number of anilines is 1. The standard InChI is InChI=1S/C18H26N2O4/c1-7-8-19-16(22)13-9-12(20-11(2)21)10-14-15(13)24-18(6,23-14)17(3,4)5/h9-10H,7-8H2,1-6H3,(H,19,22)(H,20,21). The van der Waals surface area contributed by atoms with E-state index in [-0.39, 0.29) is 17.2 Å². The van der Waals surface area contributed by atoms with Gasteiger partial charge in [-0.3, -0.25) is 9.59 Å². The van der Waals surface area contributed by atoms with Gasteiger partial charge in [-0.25, -0.2) is 0 Å². The second-order valence-electron chi connectivity index (χ2n) is 7.19. The number of amides is 2. The maximum absolute atomic E-state index is 12.5. The number of carbonyl (C=O) groups excluding carboxylic acids is 2. The molecule has 0 spiro atoms. The van der Waals surface area contributed by atoms with Crippen LogP contribution in [0.2, 0.25) is 0 Å². The van der Waals surface area contributed by atoms with E-state index < -0.39 is 5.79 Å². The van der Waals surface area contributed by atoms with Gasteiger partial charge in [0.1, 0.15) is 0 Å². The van der Waals surface area contributed by atoms with Crippen LogP contribution in [0.4, 0.5) is 5.69 Å². The molecule has 132 valence electrons. The molecule has 6 nitrogen and oxygen atoms in total. The molecule has 2 N–H and O–H groups in total. The van der Waals surface area contributed by atoms with Crippen LogP contribution >= 0.6 is 0 Å². The van der Waals surface area contributed by atoms with E-state index in [1.54, 1.807) is 12.1 Å². The van der Waals surface area contributed by atoms with Crippen LogP contribution in [-0.2, 0) is 4.79 Å². The summed E-state index contributed by atoms with van der Waals surface area (Å²) in [4.78, 5) is 23.9. The fraction of sp³-hybridized carbons (Fsp3) is 0.556. The summed E-state index contributed by atoms with van der Waals surface area (Å²) in [5, 5.41) is 5.54. The lowest BCUT2D eigenvalue weighted by atomic mass is 9.87. The topological polar surface area (TPSA) is 76.7 Å². The van der Waals surface area contributed by atoms with Crippen molar-refractivity contribution in [1.82, 2.24) is 5.32 Å². The Hall–Kier alpha value is -2.24. The third-order valence-electron chi connectivity index (χ3n) is 4.12. The molecule has 1 unspecified atom stereocenters. The van der Waals surface area contributed by atoms with Crippen molar-refractivity contribution in [3.05, 3.63) is 17.7 Å². The SMILES string of the molecule is CCCNC(=O)c1cc(NC(C)=O)cc2c1OC(C)(C(C)(C)C)O2. The second-order valence-corrected chi connectivity index (χ2v) is 7.19. The fourth-order valence-corrected chi connectivity index (χ4v) is 2.29. The summed E-state index contributed by atoms with van der Waals surface area (Å²) in [6.07, 6.45) is 0.830. The predicted molar refractivity (Wildman–Crippen MR) is 92.5 cm³/mol. The van der Waals surface area contributed by atoms with E-state index in [1.165, 1.54) is 6.92 Å². The molecule has 0 saturated heterocycles. The summed E-state index contributed by atoms with van der Waals surface area (Å²) in [5.74, 6) is -0.492. The summed E-state index contributed by atoms with van der Waals surface area (Å²) in [6, 6.07) is 3.30. The summed E-state index contributed by atoms with van der Waals surface area (Å²) >= 11 is 0. The molecule has 1 aromatic rings. The van der Waals surface area contributed by atoms with Gasteiger partial charge in [0.15, 0.2) is 11.5 Å². The van der Waals surface area contributed by atoms with Crippen molar-refractivity contribution in [3.8, 4) is 11.5 Å². The van der Waals surface area contributed by atoms with E-state index in [1.807, 2.05) is 34.6 Å². The van der Waals surface area contributed by atoms with Crippen LogP contribution in [0.3, 0.4) is 0 Å². The zero-order valence-corrected chi connectivity index (χ0v) is 15.2. The first-order valence-corrected chi connectivity index (χ1v) is 8.19. The van der Waals surface area contributed by atoms with Crippen LogP contribution in [0.15, 0.2) is 12.1 Å². The molecule has 1 aliphatic rings. The van der Waals surface area contributed by atoms with E-state index in [9.17, 15) is 9.59 Å². The number of nitrogens with one attached hydrogen (secondary N) is 2. The molecular weight excluding hydrogens is 308 g/mol. The number of ether oxygens (including phenoxy) is 2. The van der Waals surface area contributed by atoms with Crippen LogP contribution < -0.4 is 20.1 Å². The van der Waals surface area contributed by atoms with Crippen molar-refractivity contribution < 1.29 is 19.1 Å². The molecule has 1 heterocycles. The number of carbonyl (C=O) groups is 2. The van der Waals surface area contributed by atoms with Gasteiger partial charge >= 0.3 is 0 Å². The van der Waals surface area contributed by atoms with Gasteiger partial charge < -0.3 is 20.1 Å². The van der Waals surface area contributed by atoms with Gasteiger partial charge in [0, 0.05) is 37.6 Å². The summed E-state index contributed by atoms with van der Waals surface area (Å²) < 4.78 is 12.1. The van der Waals surface area contributed by atoms with Crippen LogP contribution in [0.25, 0.3) is 0 Å². The highest BCUT2D eigenvalue weighted by Crippen LogP contribution is 2.49. The Morgan fingerprint density at radius 2 is 1.88 bits per heavy atom. The highest BCUT2D eigenvalue weighted by atomic mass is 16.7. The van der Waals surface area contributed by atoms with E-state index >= 15 is 0 Å². The Balaban J connectivity index is 2.46. The molecule has 24 heavy (non-hydrogen) atoms. The first-order chi connectivity index (χ1) is 11.1. The number of hydrogen-bond donors (Lipinski definition) is 2. The van der Waals surface area contributed by atoms with Gasteiger partial charge in [0.05, 0.1) is 5.56 Å². The summed E-state index contributed by atoms with van der Waals surface area (Å²) in [7, 11) is 0. The normalized spacial score (nSPS) is 19.1. The minimum atomic E-state index is -0.899. The largest absolute Gasteiger partial charge is 0.448 e. The van der Waals surface area contributed by atoms with Crippen molar-refractivity contribution in [2.24, 2.45) is 5.41 Å². The molecule has 0 bridgehead atoms. The van der Waals surface area contributed by atoms with E-state index in [2.05, 4.69) is 10.6 Å². The molecule has 0 aliphatic carbocycles. The molecule has 6 heteroatoms. The molecule has 0 fully saturated rings. The van der Waals surface area contributed by atoms with Crippen molar-refractivity contribution in [2.45, 2.75) is 53.8 Å². The first kappa shape index (κ1) is 18.1. The molecule has 0 aromatic heterocycles. The van der Waals surface area contributed by atoms with Crippen molar-refractivity contribution in [1.29, 1.82) is 0 Å². The maximum atomic E-state index is 12.5. The summed E-state index contributed by atoms with van der Waals surface area (Å²) in [5.41, 5.74) is 0.555. The highest BCUT2D eigenvalue weighted by Gasteiger charge is 2.48. The number of fused-ring (bicyclic) bond motifs is 1. The Morgan fingerprint density at radius 3 is 2.42 bits per heavy atom. The minimum Gasteiger partial charge on any atom is -0.448 e. The predicted octanol–water partition coefficient (Wildman–Crippen LogP) is 3.32. The molecule has 1 aliphatic heterocycles. The highest BCUT2D eigenvalue weighted by molar-refractivity contribution is 6.00. The van der Waals surface area contributed by atoms with Gasteiger partial charge in [0.25, 0.3) is 11.7 Å². The molecule has 0 saturated carbocycles. The monoisotopic (exact) mass is 334 g/mol. The van der Waals surface area contributed by atoms with Gasteiger partial charge in [0.2, 0.25) is 5.91 Å². The Bertz CT molecular complexity index is 664. The van der Waals surface area contributed by atoms with Gasteiger partial charge in [-0.2, -0.15) is 0 Å². The van der Waals surface area contributed by atoms with Crippen molar-refractivity contribution in [3.63, 3.8) is 0 Å². The quantitative estimate of drug-likeness (QED) is 0.885. The molecular formula is C18H26N2O4.